The minimum absolute atomic E-state index is 0.135. The molecule has 3 amide bonds. The molecule has 182 valence electrons. The molecule has 1 N–H and O–H groups in total. The topological polar surface area (TPSA) is 73.0 Å². The lowest BCUT2D eigenvalue weighted by Crippen LogP contribution is -2.57. The summed E-state index contributed by atoms with van der Waals surface area (Å²) >= 11 is 0. The second kappa shape index (κ2) is 11.5. The Morgan fingerprint density at radius 1 is 0.879 bits per heavy atom. The maximum atomic E-state index is 14.0. The summed E-state index contributed by atoms with van der Waals surface area (Å²) in [4.78, 5) is 43.9. The Morgan fingerprint density at radius 2 is 1.45 bits per heavy atom. The highest BCUT2D eigenvalue weighted by atomic mass is 19.1. The van der Waals surface area contributed by atoms with Gasteiger partial charge in [-0.25, -0.2) is 8.78 Å². The first-order valence-corrected chi connectivity index (χ1v) is 11.8. The van der Waals surface area contributed by atoms with Crippen LogP contribution in [0.25, 0.3) is 0 Å². The van der Waals surface area contributed by atoms with E-state index in [4.69, 9.17) is 0 Å². The van der Waals surface area contributed by atoms with Gasteiger partial charge in [-0.2, -0.15) is 0 Å². The zero-order chi connectivity index (χ0) is 24.0. The normalized spacial score (nSPS) is 18.7. The first-order valence-electron chi connectivity index (χ1n) is 11.8. The number of carbonyl (C=O) groups is 3. The smallest absolute Gasteiger partial charge is 0.257 e. The van der Waals surface area contributed by atoms with Crippen LogP contribution in [0.1, 0.15) is 49.9 Å². The average Bonchev–Trinajstić information content (AvgIpc) is 3.07. The molecule has 0 saturated carbocycles. The zero-order valence-corrected chi connectivity index (χ0v) is 19.5. The molecule has 9 heteroatoms. The first-order chi connectivity index (χ1) is 15.8. The van der Waals surface area contributed by atoms with Crippen LogP contribution in [0.4, 0.5) is 8.78 Å². The molecule has 7 nitrogen and oxygen atoms in total. The van der Waals surface area contributed by atoms with Crippen LogP contribution >= 0.6 is 0 Å². The number of amides is 3. The van der Waals surface area contributed by atoms with Gasteiger partial charge >= 0.3 is 0 Å². The fourth-order valence-electron chi connectivity index (χ4n) is 4.38. The van der Waals surface area contributed by atoms with Crippen LogP contribution < -0.4 is 5.32 Å². The molecule has 2 heterocycles. The lowest BCUT2D eigenvalue weighted by atomic mass is 10.0. The van der Waals surface area contributed by atoms with Crippen LogP contribution in [-0.4, -0.2) is 84.3 Å². The van der Waals surface area contributed by atoms with Crippen molar-refractivity contribution in [3.05, 3.63) is 35.4 Å². The summed E-state index contributed by atoms with van der Waals surface area (Å²) in [7, 11) is 0. The Kier molecular flexibility index (Phi) is 8.77. The van der Waals surface area contributed by atoms with E-state index in [1.165, 1.54) is 18.9 Å². The molecular formula is C24H34F2N4O3. The first kappa shape index (κ1) is 25.1. The molecule has 0 aliphatic carbocycles. The van der Waals surface area contributed by atoms with Crippen LogP contribution in [0.3, 0.4) is 0 Å². The van der Waals surface area contributed by atoms with Crippen molar-refractivity contribution in [1.82, 2.24) is 20.0 Å². The number of nitrogens with zero attached hydrogens (tertiary/aromatic N) is 3. The van der Waals surface area contributed by atoms with Crippen molar-refractivity contribution in [2.75, 3.05) is 45.8 Å². The Balaban J connectivity index is 1.55. The molecule has 1 atom stereocenters. The van der Waals surface area contributed by atoms with E-state index in [9.17, 15) is 23.2 Å². The van der Waals surface area contributed by atoms with Gasteiger partial charge in [-0.15, -0.1) is 0 Å². The molecule has 1 aromatic carbocycles. The van der Waals surface area contributed by atoms with Crippen molar-refractivity contribution < 1.29 is 23.2 Å². The Hall–Kier alpha value is -2.55. The fraction of sp³-hybridized carbons (Fsp3) is 0.625. The van der Waals surface area contributed by atoms with Crippen LogP contribution in [0, 0.1) is 17.6 Å². The average molecular weight is 465 g/mol. The lowest BCUT2D eigenvalue weighted by Gasteiger charge is -2.37. The van der Waals surface area contributed by atoms with Crippen molar-refractivity contribution in [2.45, 2.75) is 45.6 Å². The second-order valence-corrected chi connectivity index (χ2v) is 9.19. The predicted octanol–water partition coefficient (Wildman–Crippen LogP) is 2.27. The number of benzene rings is 1. The molecule has 2 fully saturated rings. The number of likely N-dealkylation sites (tertiary alicyclic amines) is 1. The maximum Gasteiger partial charge on any atom is 0.257 e. The summed E-state index contributed by atoms with van der Waals surface area (Å²) in [6, 6.07) is 2.30. The van der Waals surface area contributed by atoms with Gasteiger partial charge in [0.25, 0.3) is 5.91 Å². The van der Waals surface area contributed by atoms with Crippen LogP contribution in [0.15, 0.2) is 18.2 Å². The predicted molar refractivity (Wildman–Crippen MR) is 121 cm³/mol. The number of nitrogens with one attached hydrogen (secondary N) is 1. The van der Waals surface area contributed by atoms with Crippen molar-refractivity contribution >= 4 is 17.7 Å². The van der Waals surface area contributed by atoms with Gasteiger partial charge in [0.15, 0.2) is 0 Å². The van der Waals surface area contributed by atoms with E-state index in [1.54, 1.807) is 18.7 Å². The lowest BCUT2D eigenvalue weighted by molar-refractivity contribution is -0.137. The van der Waals surface area contributed by atoms with Gasteiger partial charge < -0.3 is 15.1 Å². The summed E-state index contributed by atoms with van der Waals surface area (Å²) in [6.07, 6.45) is 4.43. The molecule has 2 aliphatic heterocycles. The van der Waals surface area contributed by atoms with Gasteiger partial charge in [-0.05, 0) is 30.9 Å². The minimum atomic E-state index is -0.967. The third-order valence-electron chi connectivity index (χ3n) is 6.41. The molecule has 2 saturated heterocycles. The van der Waals surface area contributed by atoms with Gasteiger partial charge in [0.05, 0.1) is 6.54 Å². The zero-order valence-electron chi connectivity index (χ0n) is 19.5. The van der Waals surface area contributed by atoms with E-state index < -0.39 is 29.1 Å². The monoisotopic (exact) mass is 464 g/mol. The fourth-order valence-corrected chi connectivity index (χ4v) is 4.38. The molecule has 2 aliphatic rings. The van der Waals surface area contributed by atoms with Crippen molar-refractivity contribution in [3.63, 3.8) is 0 Å². The number of rotatable bonds is 6. The van der Waals surface area contributed by atoms with Crippen molar-refractivity contribution in [3.8, 4) is 0 Å². The molecule has 33 heavy (non-hydrogen) atoms. The van der Waals surface area contributed by atoms with Crippen LogP contribution in [0.5, 0.6) is 0 Å². The highest BCUT2D eigenvalue weighted by Gasteiger charge is 2.32. The third kappa shape index (κ3) is 6.50. The molecular weight excluding hydrogens is 430 g/mol. The molecule has 0 radical (unpaired) electrons. The van der Waals surface area contributed by atoms with Crippen molar-refractivity contribution in [2.24, 2.45) is 5.92 Å². The second-order valence-electron chi connectivity index (χ2n) is 9.19. The SMILES string of the molecule is CC(C)C(NC(=O)c1c(F)cccc1F)C(=O)N1CCN(CC(=O)N2CCCCCC2)CC1. The van der Waals surface area contributed by atoms with Crippen LogP contribution in [0.2, 0.25) is 0 Å². The number of carbonyl (C=O) groups excluding carboxylic acids is 3. The summed E-state index contributed by atoms with van der Waals surface area (Å²) in [6.45, 7) is 7.51. The van der Waals surface area contributed by atoms with E-state index in [2.05, 4.69) is 10.2 Å². The van der Waals surface area contributed by atoms with E-state index in [0.717, 1.165) is 38.1 Å². The Labute approximate surface area is 194 Å². The highest BCUT2D eigenvalue weighted by molar-refractivity contribution is 5.98. The molecule has 1 aromatic rings. The largest absolute Gasteiger partial charge is 0.342 e. The highest BCUT2D eigenvalue weighted by Crippen LogP contribution is 2.15. The van der Waals surface area contributed by atoms with Gasteiger partial charge in [-0.1, -0.05) is 32.8 Å². The Bertz CT molecular complexity index is 828. The summed E-state index contributed by atoms with van der Waals surface area (Å²) in [5, 5.41) is 2.52. The molecule has 0 aromatic heterocycles. The Morgan fingerprint density at radius 3 is 2.00 bits per heavy atom. The third-order valence-corrected chi connectivity index (χ3v) is 6.41. The summed E-state index contributed by atoms with van der Waals surface area (Å²) in [5.41, 5.74) is -0.687. The number of halogens is 2. The van der Waals surface area contributed by atoms with Gasteiger partial charge in [-0.3, -0.25) is 19.3 Å². The standard InChI is InChI=1S/C24H34F2N4O3/c1-17(2)22(27-23(32)21-18(25)8-7-9-19(21)26)24(33)30-14-12-28(13-15-30)16-20(31)29-10-5-3-4-6-11-29/h7-9,17,22H,3-6,10-16H2,1-2H3,(H,27,32). The van der Waals surface area contributed by atoms with Crippen molar-refractivity contribution in [1.29, 1.82) is 0 Å². The van der Waals surface area contributed by atoms with E-state index in [0.29, 0.717) is 32.7 Å². The quantitative estimate of drug-likeness (QED) is 0.701. The molecule has 1 unspecified atom stereocenters. The summed E-state index contributed by atoms with van der Waals surface area (Å²) in [5.74, 6) is -3.29. The van der Waals surface area contributed by atoms with Gasteiger partial charge in [0.1, 0.15) is 23.2 Å². The van der Waals surface area contributed by atoms with Crippen LogP contribution in [-0.2, 0) is 9.59 Å². The minimum Gasteiger partial charge on any atom is -0.342 e. The molecule has 0 bridgehead atoms. The molecule has 0 spiro atoms. The summed E-state index contributed by atoms with van der Waals surface area (Å²) < 4.78 is 28.0. The maximum absolute atomic E-state index is 14.0. The molecule has 3 rings (SSSR count). The number of hydrogen-bond acceptors (Lipinski definition) is 4. The number of piperazine rings is 1. The van der Waals surface area contributed by atoms with E-state index >= 15 is 0 Å². The van der Waals surface area contributed by atoms with E-state index in [-0.39, 0.29) is 17.7 Å². The van der Waals surface area contributed by atoms with Gasteiger partial charge in [0, 0.05) is 39.3 Å². The van der Waals surface area contributed by atoms with E-state index in [1.807, 2.05) is 4.90 Å². The number of hydrogen-bond donors (Lipinski definition) is 1. The van der Waals surface area contributed by atoms with Gasteiger partial charge in [0.2, 0.25) is 11.8 Å².